The monoisotopic (exact) mass is 271 g/mol. The van der Waals surface area contributed by atoms with Crippen LogP contribution in [0.1, 0.15) is 12.2 Å². The summed E-state index contributed by atoms with van der Waals surface area (Å²) in [7, 11) is 2.06. The molecular formula is C15H21N5. The van der Waals surface area contributed by atoms with Crippen LogP contribution in [0.25, 0.3) is 0 Å². The largest absolute Gasteiger partial charge is 0.355 e. The van der Waals surface area contributed by atoms with Crippen molar-refractivity contribution in [3.63, 3.8) is 0 Å². The number of hydrogen-bond donors (Lipinski definition) is 0. The standard InChI is InChI=1S/C15H21N5/c1-18-10-7-17-15(18)13-19-8-4-9-20(12-11-19)14-5-2-3-6-16-14/h2-3,5-7,10H,4,8-9,11-13H2,1H3. The second-order valence-corrected chi connectivity index (χ2v) is 5.26. The molecule has 20 heavy (non-hydrogen) atoms. The zero-order valence-electron chi connectivity index (χ0n) is 11.9. The molecule has 0 saturated carbocycles. The smallest absolute Gasteiger partial charge is 0.128 e. The lowest BCUT2D eigenvalue weighted by molar-refractivity contribution is 0.275. The third kappa shape index (κ3) is 2.99. The van der Waals surface area contributed by atoms with E-state index in [0.717, 1.165) is 44.4 Å². The zero-order valence-corrected chi connectivity index (χ0v) is 11.9. The van der Waals surface area contributed by atoms with Crippen molar-refractivity contribution in [3.05, 3.63) is 42.6 Å². The van der Waals surface area contributed by atoms with E-state index in [4.69, 9.17) is 0 Å². The lowest BCUT2D eigenvalue weighted by Gasteiger charge is -2.22. The van der Waals surface area contributed by atoms with Crippen LogP contribution in [0.2, 0.25) is 0 Å². The fourth-order valence-electron chi connectivity index (χ4n) is 2.65. The summed E-state index contributed by atoms with van der Waals surface area (Å²) in [6.07, 6.45) is 6.91. The van der Waals surface area contributed by atoms with Gasteiger partial charge in [-0.05, 0) is 18.6 Å². The third-order valence-corrected chi connectivity index (χ3v) is 3.85. The Hall–Kier alpha value is -1.88. The maximum absolute atomic E-state index is 4.45. The number of anilines is 1. The minimum Gasteiger partial charge on any atom is -0.355 e. The molecule has 0 amide bonds. The Morgan fingerprint density at radius 2 is 2.00 bits per heavy atom. The van der Waals surface area contributed by atoms with Gasteiger partial charge in [-0.2, -0.15) is 0 Å². The second kappa shape index (κ2) is 6.05. The fourth-order valence-corrected chi connectivity index (χ4v) is 2.65. The molecular weight excluding hydrogens is 250 g/mol. The van der Waals surface area contributed by atoms with Crippen LogP contribution in [-0.4, -0.2) is 45.6 Å². The van der Waals surface area contributed by atoms with Gasteiger partial charge in [-0.25, -0.2) is 9.97 Å². The molecule has 5 nitrogen and oxygen atoms in total. The van der Waals surface area contributed by atoms with Gasteiger partial charge in [0.15, 0.2) is 0 Å². The number of aromatic nitrogens is 3. The van der Waals surface area contributed by atoms with Crippen molar-refractivity contribution in [2.24, 2.45) is 7.05 Å². The average Bonchev–Trinajstić information content (AvgIpc) is 2.75. The number of aryl methyl sites for hydroxylation is 1. The first-order chi connectivity index (χ1) is 9.83. The van der Waals surface area contributed by atoms with Gasteiger partial charge in [0.1, 0.15) is 11.6 Å². The van der Waals surface area contributed by atoms with E-state index in [1.807, 2.05) is 24.7 Å². The molecule has 3 heterocycles. The van der Waals surface area contributed by atoms with Gasteiger partial charge in [0.2, 0.25) is 0 Å². The van der Waals surface area contributed by atoms with Gasteiger partial charge < -0.3 is 9.47 Å². The minimum absolute atomic E-state index is 0.930. The molecule has 0 radical (unpaired) electrons. The van der Waals surface area contributed by atoms with Crippen LogP contribution in [0, 0.1) is 0 Å². The summed E-state index contributed by atoms with van der Waals surface area (Å²) in [6, 6.07) is 6.11. The molecule has 1 saturated heterocycles. The van der Waals surface area contributed by atoms with Gasteiger partial charge in [-0.1, -0.05) is 6.07 Å². The Morgan fingerprint density at radius 1 is 1.05 bits per heavy atom. The van der Waals surface area contributed by atoms with Crippen molar-refractivity contribution in [2.75, 3.05) is 31.1 Å². The lowest BCUT2D eigenvalue weighted by atomic mass is 10.3. The van der Waals surface area contributed by atoms with Crippen LogP contribution in [0.15, 0.2) is 36.8 Å². The van der Waals surface area contributed by atoms with Crippen molar-refractivity contribution < 1.29 is 0 Å². The minimum atomic E-state index is 0.930. The highest BCUT2D eigenvalue weighted by Crippen LogP contribution is 2.13. The zero-order chi connectivity index (χ0) is 13.8. The first-order valence-electron chi connectivity index (χ1n) is 7.17. The second-order valence-electron chi connectivity index (χ2n) is 5.26. The first-order valence-corrected chi connectivity index (χ1v) is 7.17. The molecule has 3 rings (SSSR count). The highest BCUT2D eigenvalue weighted by Gasteiger charge is 2.16. The van der Waals surface area contributed by atoms with E-state index in [1.165, 1.54) is 6.42 Å². The molecule has 0 bridgehead atoms. The normalized spacial score (nSPS) is 17.1. The Kier molecular flexibility index (Phi) is 3.97. The molecule has 5 heteroatoms. The topological polar surface area (TPSA) is 37.2 Å². The molecule has 2 aromatic heterocycles. The van der Waals surface area contributed by atoms with Gasteiger partial charge in [0, 0.05) is 51.8 Å². The maximum Gasteiger partial charge on any atom is 0.128 e. The number of nitrogens with zero attached hydrogens (tertiary/aromatic N) is 5. The molecule has 1 fully saturated rings. The van der Waals surface area contributed by atoms with E-state index in [2.05, 4.69) is 43.5 Å². The summed E-state index contributed by atoms with van der Waals surface area (Å²) < 4.78 is 2.10. The Balaban J connectivity index is 1.61. The molecule has 0 atom stereocenters. The SMILES string of the molecule is Cn1ccnc1CN1CCCN(c2ccccn2)CC1. The molecule has 0 spiro atoms. The molecule has 1 aliphatic rings. The van der Waals surface area contributed by atoms with Gasteiger partial charge >= 0.3 is 0 Å². The molecule has 106 valence electrons. The summed E-state index contributed by atoms with van der Waals surface area (Å²) in [4.78, 5) is 13.7. The number of rotatable bonds is 3. The summed E-state index contributed by atoms with van der Waals surface area (Å²) in [6.45, 7) is 5.22. The summed E-state index contributed by atoms with van der Waals surface area (Å²) in [5.74, 6) is 2.22. The molecule has 1 aliphatic heterocycles. The van der Waals surface area contributed by atoms with Crippen molar-refractivity contribution >= 4 is 5.82 Å². The summed E-state index contributed by atoms with van der Waals surface area (Å²) >= 11 is 0. The van der Waals surface area contributed by atoms with Gasteiger partial charge in [0.25, 0.3) is 0 Å². The van der Waals surface area contributed by atoms with E-state index >= 15 is 0 Å². The van der Waals surface area contributed by atoms with Crippen LogP contribution in [0.3, 0.4) is 0 Å². The highest BCUT2D eigenvalue weighted by molar-refractivity contribution is 5.37. The molecule has 0 aromatic carbocycles. The Morgan fingerprint density at radius 3 is 2.75 bits per heavy atom. The van der Waals surface area contributed by atoms with Crippen molar-refractivity contribution in [1.29, 1.82) is 0 Å². The van der Waals surface area contributed by atoms with E-state index < -0.39 is 0 Å². The van der Waals surface area contributed by atoms with Crippen molar-refractivity contribution in [2.45, 2.75) is 13.0 Å². The predicted octanol–water partition coefficient (Wildman–Crippen LogP) is 1.53. The van der Waals surface area contributed by atoms with Gasteiger partial charge in [-0.15, -0.1) is 0 Å². The van der Waals surface area contributed by atoms with Crippen LogP contribution < -0.4 is 4.90 Å². The number of pyridine rings is 1. The number of imidazole rings is 1. The molecule has 2 aromatic rings. The van der Waals surface area contributed by atoms with Crippen LogP contribution in [-0.2, 0) is 13.6 Å². The third-order valence-electron chi connectivity index (χ3n) is 3.85. The maximum atomic E-state index is 4.45. The Bertz CT molecular complexity index is 536. The highest BCUT2D eigenvalue weighted by atomic mass is 15.3. The predicted molar refractivity (Wildman–Crippen MR) is 79.6 cm³/mol. The van der Waals surface area contributed by atoms with Gasteiger partial charge in [0.05, 0.1) is 6.54 Å². The Labute approximate surface area is 119 Å². The van der Waals surface area contributed by atoms with E-state index in [1.54, 1.807) is 0 Å². The van der Waals surface area contributed by atoms with E-state index in [-0.39, 0.29) is 0 Å². The van der Waals surface area contributed by atoms with E-state index in [0.29, 0.717) is 0 Å². The van der Waals surface area contributed by atoms with Gasteiger partial charge in [-0.3, -0.25) is 4.90 Å². The van der Waals surface area contributed by atoms with Crippen LogP contribution in [0.4, 0.5) is 5.82 Å². The fraction of sp³-hybridized carbons (Fsp3) is 0.467. The number of hydrogen-bond acceptors (Lipinski definition) is 4. The van der Waals surface area contributed by atoms with Crippen LogP contribution in [0.5, 0.6) is 0 Å². The molecule has 0 aliphatic carbocycles. The van der Waals surface area contributed by atoms with Crippen molar-refractivity contribution in [3.8, 4) is 0 Å². The quantitative estimate of drug-likeness (QED) is 0.848. The van der Waals surface area contributed by atoms with E-state index in [9.17, 15) is 0 Å². The first kappa shape index (κ1) is 13.1. The molecule has 0 N–H and O–H groups in total. The van der Waals surface area contributed by atoms with Crippen LogP contribution >= 0.6 is 0 Å². The summed E-state index contributed by atoms with van der Waals surface area (Å²) in [5, 5.41) is 0. The average molecular weight is 271 g/mol. The molecule has 0 unspecified atom stereocenters. The summed E-state index contributed by atoms with van der Waals surface area (Å²) in [5.41, 5.74) is 0. The lowest BCUT2D eigenvalue weighted by Crippen LogP contribution is -2.31. The van der Waals surface area contributed by atoms with Crippen molar-refractivity contribution in [1.82, 2.24) is 19.4 Å².